The van der Waals surface area contributed by atoms with E-state index >= 15 is 0 Å². The highest BCUT2D eigenvalue weighted by Crippen LogP contribution is 2.13. The fourth-order valence-corrected chi connectivity index (χ4v) is 2.32. The molecule has 0 saturated carbocycles. The van der Waals surface area contributed by atoms with E-state index in [1.54, 1.807) is 7.05 Å². The average Bonchev–Trinajstić information content (AvgIpc) is 2.56. The first-order valence-corrected chi connectivity index (χ1v) is 5.93. The highest BCUT2D eigenvalue weighted by molar-refractivity contribution is 6.05. The van der Waals surface area contributed by atoms with Crippen molar-refractivity contribution < 1.29 is 9.59 Å². The van der Waals surface area contributed by atoms with Crippen LogP contribution in [0.4, 0.5) is 0 Å². The van der Waals surface area contributed by atoms with E-state index in [9.17, 15) is 9.59 Å². The van der Waals surface area contributed by atoms with Gasteiger partial charge < -0.3 is 10.6 Å². The summed E-state index contributed by atoms with van der Waals surface area (Å²) in [5.41, 5.74) is 0. The number of carbonyl (C=O) groups is 2. The van der Waals surface area contributed by atoms with Crippen molar-refractivity contribution in [2.45, 2.75) is 25.3 Å². The molecule has 2 atom stereocenters. The highest BCUT2D eigenvalue weighted by atomic mass is 16.2. The van der Waals surface area contributed by atoms with Crippen LogP contribution < -0.4 is 10.6 Å². The van der Waals surface area contributed by atoms with Gasteiger partial charge in [0.05, 0.1) is 12.5 Å². The summed E-state index contributed by atoms with van der Waals surface area (Å²) in [6.07, 6.45) is 2.71. The Hall–Kier alpha value is -0.940. The zero-order chi connectivity index (χ0) is 11.5. The second kappa shape index (κ2) is 4.93. The molecule has 0 aromatic carbocycles. The Labute approximate surface area is 95.6 Å². The number of likely N-dealkylation sites (tertiary alicyclic amines) is 1. The normalized spacial score (nSPS) is 31.2. The summed E-state index contributed by atoms with van der Waals surface area (Å²) in [4.78, 5) is 24.1. The molecular formula is C11H19N3O2. The Morgan fingerprint density at radius 1 is 1.50 bits per heavy atom. The van der Waals surface area contributed by atoms with E-state index in [1.807, 2.05) is 0 Å². The Morgan fingerprint density at radius 3 is 2.88 bits per heavy atom. The van der Waals surface area contributed by atoms with E-state index in [4.69, 9.17) is 0 Å². The maximum atomic E-state index is 11.6. The largest absolute Gasteiger partial charge is 0.316 e. The number of piperidine rings is 1. The van der Waals surface area contributed by atoms with Gasteiger partial charge in [0.2, 0.25) is 11.8 Å². The SMILES string of the molecule is CN1C(=O)CC(NCC2CCCNC2)C1=O. The van der Waals surface area contributed by atoms with Crippen LogP contribution in [-0.2, 0) is 9.59 Å². The number of carbonyl (C=O) groups excluding carboxylic acids is 2. The molecular weight excluding hydrogens is 206 g/mol. The Morgan fingerprint density at radius 2 is 2.31 bits per heavy atom. The Kier molecular flexibility index (Phi) is 3.56. The summed E-state index contributed by atoms with van der Waals surface area (Å²) in [6.45, 7) is 2.93. The van der Waals surface area contributed by atoms with Crippen LogP contribution in [0.3, 0.4) is 0 Å². The van der Waals surface area contributed by atoms with Gasteiger partial charge in [-0.25, -0.2) is 0 Å². The van der Waals surface area contributed by atoms with E-state index in [0.29, 0.717) is 12.3 Å². The van der Waals surface area contributed by atoms with E-state index in [1.165, 1.54) is 17.7 Å². The van der Waals surface area contributed by atoms with Gasteiger partial charge in [-0.05, 0) is 38.4 Å². The number of imide groups is 1. The second-order valence-corrected chi connectivity index (χ2v) is 4.67. The van der Waals surface area contributed by atoms with Crippen molar-refractivity contribution in [3.05, 3.63) is 0 Å². The molecule has 16 heavy (non-hydrogen) atoms. The fourth-order valence-electron chi connectivity index (χ4n) is 2.32. The maximum absolute atomic E-state index is 11.6. The lowest BCUT2D eigenvalue weighted by Crippen LogP contribution is -2.42. The number of amides is 2. The summed E-state index contributed by atoms with van der Waals surface area (Å²) < 4.78 is 0. The molecule has 5 heteroatoms. The third-order valence-electron chi connectivity index (χ3n) is 3.43. The van der Waals surface area contributed by atoms with Crippen LogP contribution in [0.2, 0.25) is 0 Å². The van der Waals surface area contributed by atoms with Crippen LogP contribution in [0.5, 0.6) is 0 Å². The van der Waals surface area contributed by atoms with Crippen LogP contribution in [-0.4, -0.2) is 49.4 Å². The van der Waals surface area contributed by atoms with Gasteiger partial charge in [-0.3, -0.25) is 14.5 Å². The number of nitrogens with zero attached hydrogens (tertiary/aromatic N) is 1. The van der Waals surface area contributed by atoms with Crippen molar-refractivity contribution in [1.82, 2.24) is 15.5 Å². The van der Waals surface area contributed by atoms with Crippen molar-refractivity contribution >= 4 is 11.8 Å². The third kappa shape index (κ3) is 2.41. The monoisotopic (exact) mass is 225 g/mol. The standard InChI is InChI=1S/C11H19N3O2/c1-14-10(15)5-9(11(14)16)13-7-8-3-2-4-12-6-8/h8-9,12-13H,2-7H2,1H3. The number of nitrogens with one attached hydrogen (secondary N) is 2. The smallest absolute Gasteiger partial charge is 0.246 e. The predicted octanol–water partition coefficient (Wildman–Crippen LogP) is -0.667. The second-order valence-electron chi connectivity index (χ2n) is 4.67. The average molecular weight is 225 g/mol. The van der Waals surface area contributed by atoms with Gasteiger partial charge in [-0.15, -0.1) is 0 Å². The van der Waals surface area contributed by atoms with Crippen LogP contribution in [0.25, 0.3) is 0 Å². The van der Waals surface area contributed by atoms with Crippen LogP contribution in [0.1, 0.15) is 19.3 Å². The quantitative estimate of drug-likeness (QED) is 0.626. The molecule has 2 unspecified atom stereocenters. The zero-order valence-electron chi connectivity index (χ0n) is 9.66. The van der Waals surface area contributed by atoms with Gasteiger partial charge in [-0.1, -0.05) is 0 Å². The van der Waals surface area contributed by atoms with Gasteiger partial charge in [0.15, 0.2) is 0 Å². The molecule has 2 amide bonds. The first-order chi connectivity index (χ1) is 7.68. The lowest BCUT2D eigenvalue weighted by atomic mass is 9.99. The van der Waals surface area contributed by atoms with E-state index < -0.39 is 0 Å². The van der Waals surface area contributed by atoms with Gasteiger partial charge in [-0.2, -0.15) is 0 Å². The summed E-state index contributed by atoms with van der Waals surface area (Å²) in [5.74, 6) is 0.417. The molecule has 2 heterocycles. The Bertz CT molecular complexity index is 287. The van der Waals surface area contributed by atoms with Crippen LogP contribution in [0.15, 0.2) is 0 Å². The highest BCUT2D eigenvalue weighted by Gasteiger charge is 2.35. The predicted molar refractivity (Wildman–Crippen MR) is 59.8 cm³/mol. The minimum absolute atomic E-state index is 0.0794. The Balaban J connectivity index is 1.77. The van der Waals surface area contributed by atoms with Gasteiger partial charge in [0, 0.05) is 7.05 Å². The van der Waals surface area contributed by atoms with Crippen molar-refractivity contribution in [1.29, 1.82) is 0 Å². The summed E-state index contributed by atoms with van der Waals surface area (Å²) in [5, 5.41) is 6.55. The lowest BCUT2D eigenvalue weighted by Gasteiger charge is -2.24. The zero-order valence-corrected chi connectivity index (χ0v) is 9.66. The minimum atomic E-state index is -0.292. The van der Waals surface area contributed by atoms with Gasteiger partial charge in [0.1, 0.15) is 0 Å². The van der Waals surface area contributed by atoms with Gasteiger partial charge >= 0.3 is 0 Å². The minimum Gasteiger partial charge on any atom is -0.316 e. The van der Waals surface area contributed by atoms with Crippen LogP contribution in [0, 0.1) is 5.92 Å². The van der Waals surface area contributed by atoms with Crippen molar-refractivity contribution in [2.24, 2.45) is 5.92 Å². The molecule has 0 aromatic rings. The number of hydrogen-bond acceptors (Lipinski definition) is 4. The molecule has 2 rings (SSSR count). The molecule has 0 bridgehead atoms. The number of rotatable bonds is 3. The first-order valence-electron chi connectivity index (χ1n) is 5.93. The molecule has 2 saturated heterocycles. The van der Waals surface area contributed by atoms with E-state index in [2.05, 4.69) is 10.6 Å². The van der Waals surface area contributed by atoms with Crippen molar-refractivity contribution in [3.8, 4) is 0 Å². The molecule has 0 spiro atoms. The maximum Gasteiger partial charge on any atom is 0.246 e. The number of hydrogen-bond donors (Lipinski definition) is 2. The van der Waals surface area contributed by atoms with Crippen molar-refractivity contribution in [3.63, 3.8) is 0 Å². The lowest BCUT2D eigenvalue weighted by molar-refractivity contribution is -0.137. The molecule has 2 fully saturated rings. The van der Waals surface area contributed by atoms with Gasteiger partial charge in [0.25, 0.3) is 0 Å². The van der Waals surface area contributed by atoms with Crippen molar-refractivity contribution in [2.75, 3.05) is 26.7 Å². The third-order valence-corrected chi connectivity index (χ3v) is 3.43. The summed E-state index contributed by atoms with van der Waals surface area (Å²) in [7, 11) is 1.55. The van der Waals surface area contributed by atoms with E-state index in [0.717, 1.165) is 19.6 Å². The molecule has 2 N–H and O–H groups in total. The first kappa shape index (κ1) is 11.5. The van der Waals surface area contributed by atoms with E-state index in [-0.39, 0.29) is 17.9 Å². The summed E-state index contributed by atoms with van der Waals surface area (Å²) in [6, 6.07) is -0.292. The molecule has 0 aromatic heterocycles. The molecule has 0 radical (unpaired) electrons. The summed E-state index contributed by atoms with van der Waals surface area (Å²) >= 11 is 0. The molecule has 2 aliphatic rings. The number of likely N-dealkylation sites (N-methyl/N-ethyl adjacent to an activating group) is 1. The molecule has 0 aliphatic carbocycles. The molecule has 5 nitrogen and oxygen atoms in total. The molecule has 2 aliphatic heterocycles. The topological polar surface area (TPSA) is 61.4 Å². The van der Waals surface area contributed by atoms with Crippen LogP contribution >= 0.6 is 0 Å². The molecule has 90 valence electrons. The fraction of sp³-hybridized carbons (Fsp3) is 0.818.